The number of amides is 1. The SMILES string of the molecule is CC1=C(C(=O)Nc2cccc(CCCCC(=O)CCCc3coc(C(C)(C)C)c3)c2)C=CC(OC2CC(C)(C)N(C)C(C)(C)C2)=CCC1. The number of allylic oxidation sites excluding steroid dienone is 3. The highest BCUT2D eigenvalue weighted by molar-refractivity contribution is 6.06. The Morgan fingerprint density at radius 2 is 1.65 bits per heavy atom. The molecule has 2 aromatic rings. The largest absolute Gasteiger partial charge is 0.491 e. The van der Waals surface area contributed by atoms with E-state index in [9.17, 15) is 9.59 Å². The van der Waals surface area contributed by atoms with Crippen LogP contribution in [0.1, 0.15) is 130 Å². The van der Waals surface area contributed by atoms with Gasteiger partial charge in [0.1, 0.15) is 23.4 Å². The van der Waals surface area contributed by atoms with Gasteiger partial charge in [-0.15, -0.1) is 0 Å². The van der Waals surface area contributed by atoms with Crippen LogP contribution in [0.5, 0.6) is 0 Å². The van der Waals surface area contributed by atoms with Gasteiger partial charge in [-0.2, -0.15) is 0 Å². The smallest absolute Gasteiger partial charge is 0.255 e. The summed E-state index contributed by atoms with van der Waals surface area (Å²) in [5, 5.41) is 3.13. The van der Waals surface area contributed by atoms with Gasteiger partial charge in [0.05, 0.1) is 6.26 Å². The molecule has 1 fully saturated rings. The van der Waals surface area contributed by atoms with Gasteiger partial charge < -0.3 is 14.5 Å². The Morgan fingerprint density at radius 1 is 0.958 bits per heavy atom. The number of unbranched alkanes of at least 4 members (excludes halogenated alkanes) is 1. The third kappa shape index (κ3) is 10.6. The highest BCUT2D eigenvalue weighted by Crippen LogP contribution is 2.39. The molecule has 6 nitrogen and oxygen atoms in total. The van der Waals surface area contributed by atoms with Crippen molar-refractivity contribution in [3.8, 4) is 0 Å². The lowest BCUT2D eigenvalue weighted by atomic mass is 9.78. The molecule has 0 atom stereocenters. The van der Waals surface area contributed by atoms with E-state index in [2.05, 4.69) is 90.0 Å². The number of rotatable bonds is 13. The summed E-state index contributed by atoms with van der Waals surface area (Å²) in [5.74, 6) is 2.07. The van der Waals surface area contributed by atoms with Crippen LogP contribution in [-0.2, 0) is 32.6 Å². The van der Waals surface area contributed by atoms with Gasteiger partial charge in [-0.1, -0.05) is 38.5 Å². The van der Waals surface area contributed by atoms with Crippen molar-refractivity contribution in [1.82, 2.24) is 4.90 Å². The number of carbonyl (C=O) groups excluding carboxylic acids is 2. The first kappa shape index (κ1) is 37.4. The second kappa shape index (κ2) is 15.9. The molecule has 1 aromatic carbocycles. The van der Waals surface area contributed by atoms with Crippen molar-refractivity contribution in [3.05, 3.63) is 88.6 Å². The van der Waals surface area contributed by atoms with Gasteiger partial charge in [0.25, 0.3) is 5.91 Å². The number of Topliss-reactive ketones (excluding diaryl/α,β-unsaturated/α-hetero) is 1. The lowest BCUT2D eigenvalue weighted by Gasteiger charge is -2.53. The van der Waals surface area contributed by atoms with Crippen LogP contribution in [0.25, 0.3) is 0 Å². The lowest BCUT2D eigenvalue weighted by molar-refractivity contribution is -0.119. The summed E-state index contributed by atoms with van der Waals surface area (Å²) in [5.41, 5.74) is 4.98. The Bertz CT molecular complexity index is 1500. The monoisotopic (exact) mass is 656 g/mol. The average molecular weight is 657 g/mol. The number of nitrogens with one attached hydrogen (secondary N) is 1. The molecule has 2 heterocycles. The molecule has 1 amide bonds. The van der Waals surface area contributed by atoms with E-state index in [0.29, 0.717) is 24.2 Å². The number of aryl methyl sites for hydroxylation is 2. The maximum Gasteiger partial charge on any atom is 0.255 e. The van der Waals surface area contributed by atoms with Gasteiger partial charge >= 0.3 is 0 Å². The molecule has 48 heavy (non-hydrogen) atoms. The zero-order valence-corrected chi connectivity index (χ0v) is 31.1. The van der Waals surface area contributed by atoms with Gasteiger partial charge in [-0.3, -0.25) is 14.5 Å². The predicted octanol–water partition coefficient (Wildman–Crippen LogP) is 10.0. The Labute approximate surface area is 290 Å². The molecule has 262 valence electrons. The van der Waals surface area contributed by atoms with E-state index in [1.165, 1.54) is 5.56 Å². The van der Waals surface area contributed by atoms with Crippen LogP contribution in [0.3, 0.4) is 0 Å². The highest BCUT2D eigenvalue weighted by atomic mass is 16.5. The van der Waals surface area contributed by atoms with Gasteiger partial charge in [0, 0.05) is 53.4 Å². The zero-order chi connectivity index (χ0) is 35.1. The summed E-state index contributed by atoms with van der Waals surface area (Å²) in [6.45, 7) is 17.6. The maximum atomic E-state index is 13.5. The second-order valence-corrected chi connectivity index (χ2v) is 16.3. The first-order chi connectivity index (χ1) is 22.5. The van der Waals surface area contributed by atoms with Crippen molar-refractivity contribution in [2.24, 2.45) is 0 Å². The van der Waals surface area contributed by atoms with E-state index in [1.807, 2.05) is 37.5 Å². The molecule has 1 N–H and O–H groups in total. The fourth-order valence-corrected chi connectivity index (χ4v) is 7.02. The van der Waals surface area contributed by atoms with Crippen LogP contribution in [-0.4, -0.2) is 40.8 Å². The third-order valence-corrected chi connectivity index (χ3v) is 10.2. The molecular weight excluding hydrogens is 596 g/mol. The number of furan rings is 1. The van der Waals surface area contributed by atoms with Crippen molar-refractivity contribution in [1.29, 1.82) is 0 Å². The van der Waals surface area contributed by atoms with Crippen molar-refractivity contribution in [2.75, 3.05) is 12.4 Å². The molecular formula is C42H60N2O4. The number of ketones is 1. The Morgan fingerprint density at radius 3 is 2.33 bits per heavy atom. The van der Waals surface area contributed by atoms with Crippen LogP contribution in [0, 0.1) is 0 Å². The molecule has 2 aliphatic rings. The molecule has 0 unspecified atom stereocenters. The summed E-state index contributed by atoms with van der Waals surface area (Å²) in [6.07, 6.45) is 17.2. The number of likely N-dealkylation sites (tertiary alicyclic amines) is 1. The molecule has 1 aliphatic heterocycles. The molecule has 0 radical (unpaired) electrons. The molecule has 4 rings (SSSR count). The zero-order valence-electron chi connectivity index (χ0n) is 31.1. The van der Waals surface area contributed by atoms with E-state index in [-0.39, 0.29) is 28.5 Å². The van der Waals surface area contributed by atoms with E-state index in [0.717, 1.165) is 86.1 Å². The number of hydrogen-bond donors (Lipinski definition) is 1. The number of carbonyl (C=O) groups is 2. The molecule has 1 aliphatic carbocycles. The molecule has 1 saturated heterocycles. The van der Waals surface area contributed by atoms with Crippen LogP contribution in [0.2, 0.25) is 0 Å². The molecule has 1 aromatic heterocycles. The van der Waals surface area contributed by atoms with Crippen LogP contribution in [0.4, 0.5) is 5.69 Å². The summed E-state index contributed by atoms with van der Waals surface area (Å²) >= 11 is 0. The predicted molar refractivity (Wildman–Crippen MR) is 197 cm³/mol. The molecule has 6 heteroatoms. The second-order valence-electron chi connectivity index (χ2n) is 16.3. The summed E-state index contributed by atoms with van der Waals surface area (Å²) in [7, 11) is 2.21. The Hall–Kier alpha value is -3.38. The van der Waals surface area contributed by atoms with E-state index in [1.54, 1.807) is 0 Å². The van der Waals surface area contributed by atoms with Gasteiger partial charge in [-0.05, 0) is 134 Å². The van der Waals surface area contributed by atoms with Gasteiger partial charge in [0.15, 0.2) is 0 Å². The number of anilines is 1. The Balaban J connectivity index is 1.23. The van der Waals surface area contributed by atoms with E-state index >= 15 is 0 Å². The number of nitrogens with zero attached hydrogens (tertiary/aromatic N) is 1. The summed E-state index contributed by atoms with van der Waals surface area (Å²) < 4.78 is 12.3. The fourth-order valence-electron chi connectivity index (χ4n) is 7.02. The van der Waals surface area contributed by atoms with Crippen LogP contribution in [0.15, 0.2) is 76.1 Å². The maximum absolute atomic E-state index is 13.5. The van der Waals surface area contributed by atoms with Crippen molar-refractivity contribution < 1.29 is 18.7 Å². The first-order valence-corrected chi connectivity index (χ1v) is 18.0. The highest BCUT2D eigenvalue weighted by Gasteiger charge is 2.44. The minimum absolute atomic E-state index is 0.00164. The van der Waals surface area contributed by atoms with E-state index < -0.39 is 0 Å². The van der Waals surface area contributed by atoms with Crippen molar-refractivity contribution >= 4 is 17.4 Å². The normalized spacial score (nSPS) is 18.6. The van der Waals surface area contributed by atoms with Gasteiger partial charge in [0.2, 0.25) is 0 Å². The molecule has 0 saturated carbocycles. The topological polar surface area (TPSA) is 71.8 Å². The quantitative estimate of drug-likeness (QED) is 0.217. The van der Waals surface area contributed by atoms with E-state index in [4.69, 9.17) is 9.15 Å². The van der Waals surface area contributed by atoms with Crippen LogP contribution >= 0.6 is 0 Å². The number of benzene rings is 1. The minimum Gasteiger partial charge on any atom is -0.491 e. The van der Waals surface area contributed by atoms with Crippen LogP contribution < -0.4 is 5.32 Å². The molecule has 0 spiro atoms. The average Bonchev–Trinajstić information content (AvgIpc) is 3.47. The summed E-state index contributed by atoms with van der Waals surface area (Å²) in [4.78, 5) is 28.4. The first-order valence-electron chi connectivity index (χ1n) is 18.0. The van der Waals surface area contributed by atoms with Gasteiger partial charge in [-0.25, -0.2) is 0 Å². The molecule has 0 bridgehead atoms. The van der Waals surface area contributed by atoms with Crippen molar-refractivity contribution in [3.63, 3.8) is 0 Å². The number of ether oxygens (including phenoxy) is 1. The number of piperidine rings is 1. The standard InChI is InChI=1S/C42H60N2O4/c1-30-15-12-22-35(48-36-27-41(5,6)44(9)42(7,8)28-36)23-24-37(30)39(46)43-33-19-13-17-31(25-33)16-10-11-20-34(45)21-14-18-32-26-38(47-29-32)40(2,3)4/h13,17,19,22-26,29,36H,10-12,14-16,18,20-21,27-28H2,1-9H3,(H,43,46). The number of hydrogen-bond acceptors (Lipinski definition) is 5. The van der Waals surface area contributed by atoms with Crippen molar-refractivity contribution in [2.45, 2.75) is 149 Å². The fraction of sp³-hybridized carbons (Fsp3) is 0.571. The Kier molecular flexibility index (Phi) is 12.4. The summed E-state index contributed by atoms with van der Waals surface area (Å²) in [6, 6.07) is 10.2. The third-order valence-electron chi connectivity index (χ3n) is 10.2. The minimum atomic E-state index is -0.0978. The lowest BCUT2D eigenvalue weighted by Crippen LogP contribution is -2.60.